The number of nitrogen functional groups attached to an aromatic ring is 1. The van der Waals surface area contributed by atoms with Crippen LogP contribution in [-0.4, -0.2) is 9.97 Å². The van der Waals surface area contributed by atoms with Crippen molar-refractivity contribution in [2.24, 2.45) is 0 Å². The Balaban J connectivity index is 2.40. The fourth-order valence-electron chi connectivity index (χ4n) is 1.71. The molecule has 18 heavy (non-hydrogen) atoms. The highest BCUT2D eigenvalue weighted by molar-refractivity contribution is 5.55. The Bertz CT molecular complexity index is 538. The van der Waals surface area contributed by atoms with Gasteiger partial charge in [0.15, 0.2) is 0 Å². The van der Waals surface area contributed by atoms with Crippen LogP contribution in [0.2, 0.25) is 0 Å². The molecule has 1 heterocycles. The van der Waals surface area contributed by atoms with Crippen molar-refractivity contribution in [2.45, 2.75) is 26.7 Å². The Labute approximate surface area is 107 Å². The summed E-state index contributed by atoms with van der Waals surface area (Å²) >= 11 is 0. The standard InChI is InChI=1S/C14H17N3O/c1-9(2)11-7-12(15)10(3)6-13(11)18-14-8-16-4-5-17-14/h4-9H,15H2,1-3H3. The maximum absolute atomic E-state index is 5.94. The van der Waals surface area contributed by atoms with Crippen LogP contribution in [0.1, 0.15) is 30.9 Å². The summed E-state index contributed by atoms with van der Waals surface area (Å²) < 4.78 is 5.78. The fraction of sp³-hybridized carbons (Fsp3) is 0.286. The third kappa shape index (κ3) is 2.59. The van der Waals surface area contributed by atoms with Gasteiger partial charge in [-0.1, -0.05) is 13.8 Å². The molecule has 1 aromatic carbocycles. The summed E-state index contributed by atoms with van der Waals surface area (Å²) in [4.78, 5) is 8.09. The number of hydrogen-bond acceptors (Lipinski definition) is 4. The quantitative estimate of drug-likeness (QED) is 0.840. The van der Waals surface area contributed by atoms with Crippen LogP contribution in [0.15, 0.2) is 30.7 Å². The van der Waals surface area contributed by atoms with E-state index in [1.54, 1.807) is 18.6 Å². The zero-order chi connectivity index (χ0) is 13.1. The van der Waals surface area contributed by atoms with Crippen molar-refractivity contribution in [3.63, 3.8) is 0 Å². The van der Waals surface area contributed by atoms with E-state index in [1.165, 1.54) is 0 Å². The molecule has 0 spiro atoms. The van der Waals surface area contributed by atoms with Crippen molar-refractivity contribution >= 4 is 5.69 Å². The minimum atomic E-state index is 0.333. The topological polar surface area (TPSA) is 61.0 Å². The van der Waals surface area contributed by atoms with Crippen LogP contribution in [0.3, 0.4) is 0 Å². The van der Waals surface area contributed by atoms with E-state index in [2.05, 4.69) is 23.8 Å². The molecule has 0 bridgehead atoms. The van der Waals surface area contributed by atoms with E-state index in [0.717, 1.165) is 22.6 Å². The third-order valence-corrected chi connectivity index (χ3v) is 2.77. The van der Waals surface area contributed by atoms with E-state index in [9.17, 15) is 0 Å². The molecule has 2 aromatic rings. The van der Waals surface area contributed by atoms with Crippen LogP contribution in [0.4, 0.5) is 5.69 Å². The first-order valence-corrected chi connectivity index (χ1v) is 5.92. The lowest BCUT2D eigenvalue weighted by Crippen LogP contribution is -1.99. The van der Waals surface area contributed by atoms with Gasteiger partial charge in [0, 0.05) is 18.1 Å². The summed E-state index contributed by atoms with van der Waals surface area (Å²) in [5.74, 6) is 1.61. The van der Waals surface area contributed by atoms with Gasteiger partial charge in [-0.3, -0.25) is 4.98 Å². The summed E-state index contributed by atoms with van der Waals surface area (Å²) in [6.45, 7) is 6.17. The molecular formula is C14H17N3O. The minimum Gasteiger partial charge on any atom is -0.437 e. The molecule has 4 heteroatoms. The average molecular weight is 243 g/mol. The molecule has 1 aromatic heterocycles. The van der Waals surface area contributed by atoms with Crippen molar-refractivity contribution in [1.82, 2.24) is 9.97 Å². The molecule has 0 fully saturated rings. The molecular weight excluding hydrogens is 226 g/mol. The highest BCUT2D eigenvalue weighted by atomic mass is 16.5. The maximum Gasteiger partial charge on any atom is 0.237 e. The number of hydrogen-bond donors (Lipinski definition) is 1. The van der Waals surface area contributed by atoms with E-state index < -0.39 is 0 Å². The van der Waals surface area contributed by atoms with E-state index in [4.69, 9.17) is 10.5 Å². The SMILES string of the molecule is Cc1cc(Oc2cnccn2)c(C(C)C)cc1N. The predicted molar refractivity (Wildman–Crippen MR) is 71.8 cm³/mol. The molecule has 0 amide bonds. The zero-order valence-corrected chi connectivity index (χ0v) is 10.8. The second-order valence-electron chi connectivity index (χ2n) is 4.55. The molecule has 0 unspecified atom stereocenters. The predicted octanol–water partition coefficient (Wildman–Crippen LogP) is 3.28. The van der Waals surface area contributed by atoms with Gasteiger partial charge in [0.1, 0.15) is 5.75 Å². The number of nitrogens with two attached hydrogens (primary N) is 1. The van der Waals surface area contributed by atoms with Gasteiger partial charge in [-0.05, 0) is 36.1 Å². The van der Waals surface area contributed by atoms with Gasteiger partial charge < -0.3 is 10.5 Å². The molecule has 4 nitrogen and oxygen atoms in total. The molecule has 0 saturated heterocycles. The van der Waals surface area contributed by atoms with E-state index in [0.29, 0.717) is 11.8 Å². The van der Waals surface area contributed by atoms with Crippen LogP contribution < -0.4 is 10.5 Å². The monoisotopic (exact) mass is 243 g/mol. The largest absolute Gasteiger partial charge is 0.437 e. The summed E-state index contributed by atoms with van der Waals surface area (Å²) in [5, 5.41) is 0. The van der Waals surface area contributed by atoms with Crippen LogP contribution in [0.5, 0.6) is 11.6 Å². The van der Waals surface area contributed by atoms with Crippen LogP contribution in [-0.2, 0) is 0 Å². The van der Waals surface area contributed by atoms with Gasteiger partial charge in [0.05, 0.1) is 6.20 Å². The Morgan fingerprint density at radius 2 is 2.00 bits per heavy atom. The molecule has 2 N–H and O–H groups in total. The Morgan fingerprint density at radius 3 is 2.61 bits per heavy atom. The second kappa shape index (κ2) is 5.04. The molecule has 2 rings (SSSR count). The van der Waals surface area contributed by atoms with E-state index >= 15 is 0 Å². The van der Waals surface area contributed by atoms with Crippen LogP contribution in [0, 0.1) is 6.92 Å². The average Bonchev–Trinajstić information content (AvgIpc) is 2.34. The first kappa shape index (κ1) is 12.4. The van der Waals surface area contributed by atoms with Crippen molar-refractivity contribution in [1.29, 1.82) is 0 Å². The number of aromatic nitrogens is 2. The molecule has 0 saturated carbocycles. The Hall–Kier alpha value is -2.10. The number of nitrogens with zero attached hydrogens (tertiary/aromatic N) is 2. The lowest BCUT2D eigenvalue weighted by Gasteiger charge is -2.15. The van der Waals surface area contributed by atoms with Gasteiger partial charge in [-0.15, -0.1) is 0 Å². The van der Waals surface area contributed by atoms with Crippen molar-refractivity contribution in [3.05, 3.63) is 41.9 Å². The van der Waals surface area contributed by atoms with Crippen molar-refractivity contribution in [2.75, 3.05) is 5.73 Å². The van der Waals surface area contributed by atoms with E-state index in [-0.39, 0.29) is 0 Å². The second-order valence-corrected chi connectivity index (χ2v) is 4.55. The third-order valence-electron chi connectivity index (χ3n) is 2.77. The molecule has 0 aliphatic heterocycles. The summed E-state index contributed by atoms with van der Waals surface area (Å²) in [6, 6.07) is 3.91. The molecule has 0 atom stereocenters. The number of rotatable bonds is 3. The number of aryl methyl sites for hydroxylation is 1. The number of anilines is 1. The van der Waals surface area contributed by atoms with Gasteiger partial charge in [0.25, 0.3) is 0 Å². The van der Waals surface area contributed by atoms with Crippen LogP contribution in [0.25, 0.3) is 0 Å². The lowest BCUT2D eigenvalue weighted by molar-refractivity contribution is 0.451. The maximum atomic E-state index is 5.94. The highest BCUT2D eigenvalue weighted by Gasteiger charge is 2.11. The molecule has 94 valence electrons. The Kier molecular flexibility index (Phi) is 3.46. The molecule has 0 aliphatic rings. The minimum absolute atomic E-state index is 0.333. The first-order valence-electron chi connectivity index (χ1n) is 5.92. The van der Waals surface area contributed by atoms with Gasteiger partial charge >= 0.3 is 0 Å². The zero-order valence-electron chi connectivity index (χ0n) is 10.8. The highest BCUT2D eigenvalue weighted by Crippen LogP contribution is 2.33. The lowest BCUT2D eigenvalue weighted by atomic mass is 9.99. The fourth-order valence-corrected chi connectivity index (χ4v) is 1.71. The van der Waals surface area contributed by atoms with Crippen LogP contribution >= 0.6 is 0 Å². The number of ether oxygens (including phenoxy) is 1. The normalized spacial score (nSPS) is 10.7. The van der Waals surface area contributed by atoms with Gasteiger partial charge in [-0.2, -0.15) is 0 Å². The van der Waals surface area contributed by atoms with Gasteiger partial charge in [0.2, 0.25) is 5.88 Å². The summed E-state index contributed by atoms with van der Waals surface area (Å²) in [5.41, 5.74) is 8.79. The van der Waals surface area contributed by atoms with Gasteiger partial charge in [-0.25, -0.2) is 4.98 Å². The van der Waals surface area contributed by atoms with E-state index in [1.807, 2.05) is 19.1 Å². The first-order chi connectivity index (χ1) is 8.58. The van der Waals surface area contributed by atoms with Crippen molar-refractivity contribution < 1.29 is 4.74 Å². The summed E-state index contributed by atoms with van der Waals surface area (Å²) in [6.07, 6.45) is 4.81. The Morgan fingerprint density at radius 1 is 1.22 bits per heavy atom. The summed E-state index contributed by atoms with van der Waals surface area (Å²) in [7, 11) is 0. The smallest absolute Gasteiger partial charge is 0.237 e. The molecule has 0 radical (unpaired) electrons. The molecule has 0 aliphatic carbocycles. The number of benzene rings is 1. The van der Waals surface area contributed by atoms with Crippen molar-refractivity contribution in [3.8, 4) is 11.6 Å².